The van der Waals surface area contributed by atoms with Gasteiger partial charge in [0, 0.05) is 38.2 Å². The van der Waals surface area contributed by atoms with E-state index in [1.807, 2.05) is 6.07 Å². The highest BCUT2D eigenvalue weighted by Gasteiger charge is 2.15. The molecule has 1 N–H and O–H groups in total. The monoisotopic (exact) mass is 347 g/mol. The fraction of sp³-hybridized carbons (Fsp3) is 0.278. The van der Waals surface area contributed by atoms with Crippen LogP contribution in [0.15, 0.2) is 53.6 Å². The molecule has 3 nitrogen and oxygen atoms in total. The van der Waals surface area contributed by atoms with Crippen molar-refractivity contribution in [2.75, 3.05) is 18.5 Å². The van der Waals surface area contributed by atoms with Gasteiger partial charge in [-0.05, 0) is 23.8 Å². The van der Waals surface area contributed by atoms with Crippen molar-refractivity contribution in [3.8, 4) is 0 Å². The van der Waals surface area contributed by atoms with Gasteiger partial charge < -0.3 is 0 Å². The van der Waals surface area contributed by atoms with Crippen molar-refractivity contribution in [1.82, 2.24) is 4.90 Å². The van der Waals surface area contributed by atoms with Gasteiger partial charge in [0.05, 0.1) is 15.7 Å². The number of nitrogens with one attached hydrogen (secondary N) is 1. The van der Waals surface area contributed by atoms with Gasteiger partial charge in [0.15, 0.2) is 0 Å². The molecular formula is C18H19Cl2N3. The first-order valence-corrected chi connectivity index (χ1v) is 8.49. The van der Waals surface area contributed by atoms with E-state index < -0.39 is 0 Å². The van der Waals surface area contributed by atoms with Crippen LogP contribution in [0.3, 0.4) is 0 Å². The molecule has 3 rings (SSSR count). The molecule has 5 heteroatoms. The number of nitrogens with zero attached hydrogens (tertiary/aromatic N) is 2. The third-order valence-corrected chi connectivity index (χ3v) is 4.68. The molecule has 0 amide bonds. The number of piperidine rings is 1. The Morgan fingerprint density at radius 1 is 0.957 bits per heavy atom. The Bertz CT molecular complexity index is 676. The largest absolute Gasteiger partial charge is 0.298 e. The predicted molar refractivity (Wildman–Crippen MR) is 98.5 cm³/mol. The Labute approximate surface area is 146 Å². The van der Waals surface area contributed by atoms with E-state index in [2.05, 4.69) is 45.8 Å². The lowest BCUT2D eigenvalue weighted by molar-refractivity contribution is 0.266. The zero-order chi connectivity index (χ0) is 16.1. The van der Waals surface area contributed by atoms with Crippen LogP contribution in [0.1, 0.15) is 18.4 Å². The second-order valence-electron chi connectivity index (χ2n) is 5.68. The number of likely N-dealkylation sites (tertiary alicyclic amines) is 1. The van der Waals surface area contributed by atoms with Gasteiger partial charge in [-0.25, -0.2) is 0 Å². The molecule has 0 radical (unpaired) electrons. The van der Waals surface area contributed by atoms with Gasteiger partial charge in [-0.15, -0.1) is 0 Å². The molecule has 0 saturated carbocycles. The highest BCUT2D eigenvalue weighted by Crippen LogP contribution is 2.25. The van der Waals surface area contributed by atoms with Crippen LogP contribution in [-0.4, -0.2) is 23.7 Å². The fourth-order valence-electron chi connectivity index (χ4n) is 2.63. The zero-order valence-electron chi connectivity index (χ0n) is 12.8. The summed E-state index contributed by atoms with van der Waals surface area (Å²) in [7, 11) is 0. The lowest BCUT2D eigenvalue weighted by Crippen LogP contribution is -2.33. The Hall–Kier alpha value is -1.55. The van der Waals surface area contributed by atoms with Crippen LogP contribution < -0.4 is 5.43 Å². The predicted octanol–water partition coefficient (Wildman–Crippen LogP) is 5.06. The normalized spacial score (nSPS) is 15.5. The van der Waals surface area contributed by atoms with E-state index in [1.54, 1.807) is 12.1 Å². The smallest absolute Gasteiger partial charge is 0.0613 e. The van der Waals surface area contributed by atoms with Gasteiger partial charge >= 0.3 is 0 Å². The number of hydrogen-bond acceptors (Lipinski definition) is 3. The zero-order valence-corrected chi connectivity index (χ0v) is 14.3. The molecular weight excluding hydrogens is 329 g/mol. The minimum atomic E-state index is 0.537. The minimum absolute atomic E-state index is 0.537. The topological polar surface area (TPSA) is 27.6 Å². The van der Waals surface area contributed by atoms with Crippen LogP contribution in [-0.2, 0) is 6.54 Å². The minimum Gasteiger partial charge on any atom is -0.298 e. The summed E-state index contributed by atoms with van der Waals surface area (Å²) in [6, 6.07) is 16.0. The molecule has 2 aromatic carbocycles. The standard InChI is InChI=1S/C18H19Cl2N3/c19-17-7-6-16(12-18(17)20)22-21-15-8-10-23(11-9-15)13-14-4-2-1-3-5-14/h1-7,12,22H,8-11,13H2. The maximum absolute atomic E-state index is 6.00. The van der Waals surface area contributed by atoms with E-state index in [9.17, 15) is 0 Å². The van der Waals surface area contributed by atoms with Crippen LogP contribution in [0, 0.1) is 0 Å². The summed E-state index contributed by atoms with van der Waals surface area (Å²) in [4.78, 5) is 2.47. The van der Waals surface area contributed by atoms with E-state index in [4.69, 9.17) is 23.2 Å². The van der Waals surface area contributed by atoms with E-state index in [0.29, 0.717) is 10.0 Å². The summed E-state index contributed by atoms with van der Waals surface area (Å²) < 4.78 is 0. The molecule has 0 unspecified atom stereocenters. The summed E-state index contributed by atoms with van der Waals surface area (Å²) in [5.74, 6) is 0. The summed E-state index contributed by atoms with van der Waals surface area (Å²) >= 11 is 11.9. The van der Waals surface area contributed by atoms with Crippen LogP contribution >= 0.6 is 23.2 Å². The van der Waals surface area contributed by atoms with Crippen molar-refractivity contribution >= 4 is 34.6 Å². The molecule has 1 fully saturated rings. The third-order valence-electron chi connectivity index (χ3n) is 3.94. The summed E-state index contributed by atoms with van der Waals surface area (Å²) in [6.45, 7) is 3.09. The van der Waals surface area contributed by atoms with Gasteiger partial charge in [-0.1, -0.05) is 53.5 Å². The maximum atomic E-state index is 6.00. The SMILES string of the molecule is Clc1ccc(NN=C2CCN(Cc3ccccc3)CC2)cc1Cl. The molecule has 120 valence electrons. The summed E-state index contributed by atoms with van der Waals surface area (Å²) in [6.07, 6.45) is 1.97. The first-order valence-electron chi connectivity index (χ1n) is 7.73. The molecule has 0 atom stereocenters. The number of benzene rings is 2. The number of anilines is 1. The molecule has 1 aliphatic rings. The summed E-state index contributed by atoms with van der Waals surface area (Å²) in [5, 5.41) is 5.60. The van der Waals surface area contributed by atoms with Crippen LogP contribution in [0.4, 0.5) is 5.69 Å². The second kappa shape index (κ2) is 7.82. The Kier molecular flexibility index (Phi) is 5.55. The molecule has 0 aliphatic carbocycles. The van der Waals surface area contributed by atoms with Crippen LogP contribution in [0.5, 0.6) is 0 Å². The van der Waals surface area contributed by atoms with E-state index in [-0.39, 0.29) is 0 Å². The molecule has 1 aliphatic heterocycles. The van der Waals surface area contributed by atoms with Gasteiger partial charge in [0.25, 0.3) is 0 Å². The second-order valence-corrected chi connectivity index (χ2v) is 6.49. The molecule has 2 aromatic rings. The third kappa shape index (κ3) is 4.71. The van der Waals surface area contributed by atoms with Crippen molar-refractivity contribution in [2.24, 2.45) is 5.10 Å². The van der Waals surface area contributed by atoms with Crippen LogP contribution in [0.2, 0.25) is 10.0 Å². The van der Waals surface area contributed by atoms with Crippen molar-refractivity contribution in [2.45, 2.75) is 19.4 Å². The molecule has 0 bridgehead atoms. The molecule has 1 saturated heterocycles. The summed E-state index contributed by atoms with van der Waals surface area (Å²) in [5.41, 5.74) is 6.49. The van der Waals surface area contributed by atoms with Gasteiger partial charge in [-0.2, -0.15) is 5.10 Å². The van der Waals surface area contributed by atoms with Crippen molar-refractivity contribution in [3.63, 3.8) is 0 Å². The quantitative estimate of drug-likeness (QED) is 0.783. The number of hydrazone groups is 1. The average Bonchev–Trinajstić information content (AvgIpc) is 2.58. The fourth-order valence-corrected chi connectivity index (χ4v) is 2.93. The number of hydrogen-bond donors (Lipinski definition) is 1. The first kappa shape index (κ1) is 16.3. The Morgan fingerprint density at radius 2 is 1.70 bits per heavy atom. The van der Waals surface area contributed by atoms with Crippen molar-refractivity contribution in [1.29, 1.82) is 0 Å². The average molecular weight is 348 g/mol. The Balaban J connectivity index is 1.51. The molecule has 23 heavy (non-hydrogen) atoms. The lowest BCUT2D eigenvalue weighted by Gasteiger charge is -2.27. The maximum Gasteiger partial charge on any atom is 0.0613 e. The van der Waals surface area contributed by atoms with Crippen molar-refractivity contribution in [3.05, 3.63) is 64.1 Å². The first-order chi connectivity index (χ1) is 11.2. The van der Waals surface area contributed by atoms with Crippen LogP contribution in [0.25, 0.3) is 0 Å². The van der Waals surface area contributed by atoms with E-state index in [1.165, 1.54) is 11.3 Å². The number of halogens is 2. The molecule has 1 heterocycles. The van der Waals surface area contributed by atoms with E-state index in [0.717, 1.165) is 38.2 Å². The highest BCUT2D eigenvalue weighted by molar-refractivity contribution is 6.42. The van der Waals surface area contributed by atoms with Gasteiger partial charge in [-0.3, -0.25) is 10.3 Å². The molecule has 0 spiro atoms. The van der Waals surface area contributed by atoms with Gasteiger partial charge in [0.1, 0.15) is 0 Å². The van der Waals surface area contributed by atoms with E-state index >= 15 is 0 Å². The lowest BCUT2D eigenvalue weighted by atomic mass is 10.1. The number of rotatable bonds is 4. The highest BCUT2D eigenvalue weighted by atomic mass is 35.5. The Morgan fingerprint density at radius 3 is 2.39 bits per heavy atom. The van der Waals surface area contributed by atoms with Gasteiger partial charge in [0.2, 0.25) is 0 Å². The molecule has 0 aromatic heterocycles. The van der Waals surface area contributed by atoms with Crippen molar-refractivity contribution < 1.29 is 0 Å².